The first-order chi connectivity index (χ1) is 26.7. The van der Waals surface area contributed by atoms with Crippen molar-refractivity contribution in [2.75, 3.05) is 31.9 Å². The number of nitrogens with two attached hydrogens (primary N) is 4. The number of primary amides is 1. The molecule has 0 saturated carbocycles. The molecule has 57 heavy (non-hydrogen) atoms. The molecule has 6 atom stereocenters. The summed E-state index contributed by atoms with van der Waals surface area (Å²) in [6.07, 6.45) is 0.676. The number of amides is 8. The molecular formula is C34H60N12O10S. The largest absolute Gasteiger partial charge is 0.480 e. The van der Waals surface area contributed by atoms with Gasteiger partial charge in [0.15, 0.2) is 5.96 Å². The maximum atomic E-state index is 13.7. The second kappa shape index (κ2) is 25.1. The van der Waals surface area contributed by atoms with Gasteiger partial charge in [0, 0.05) is 25.3 Å². The lowest BCUT2D eigenvalue weighted by Gasteiger charge is -2.31. The van der Waals surface area contributed by atoms with E-state index in [1.165, 1.54) is 4.90 Å². The number of aliphatic imine (C=N–C) groups is 1. The number of rotatable bonds is 25. The molecule has 0 spiro atoms. The van der Waals surface area contributed by atoms with E-state index in [0.29, 0.717) is 12.8 Å². The molecule has 1 saturated heterocycles. The lowest BCUT2D eigenvalue weighted by molar-refractivity contribution is -0.143. The highest BCUT2D eigenvalue weighted by atomic mass is 32.1. The zero-order chi connectivity index (χ0) is 43.4. The number of nitrogens with one attached hydrogen (secondary N) is 6. The van der Waals surface area contributed by atoms with Gasteiger partial charge in [-0.15, -0.1) is 0 Å². The molecule has 8 amide bonds. The van der Waals surface area contributed by atoms with Gasteiger partial charge in [0.1, 0.15) is 42.8 Å². The number of carboxylic acids is 1. The fraction of sp³-hybridized carbons (Fsp3) is 0.706. The van der Waals surface area contributed by atoms with Crippen molar-refractivity contribution in [3.8, 4) is 0 Å². The third-order valence-corrected chi connectivity index (χ3v) is 9.10. The molecule has 0 bridgehead atoms. The third-order valence-electron chi connectivity index (χ3n) is 8.73. The Balaban J connectivity index is 3.18. The summed E-state index contributed by atoms with van der Waals surface area (Å²) in [5, 5.41) is 24.1. The van der Waals surface area contributed by atoms with Crippen LogP contribution < -0.4 is 54.8 Å². The van der Waals surface area contributed by atoms with E-state index in [1.54, 1.807) is 13.8 Å². The van der Waals surface area contributed by atoms with Crippen LogP contribution in [0.15, 0.2) is 4.99 Å². The molecule has 22 nitrogen and oxygen atoms in total. The van der Waals surface area contributed by atoms with Crippen molar-refractivity contribution in [3.63, 3.8) is 0 Å². The number of aliphatic carboxylic acids is 1. The number of likely N-dealkylation sites (tertiary alicyclic amines) is 1. The molecule has 1 heterocycles. The van der Waals surface area contributed by atoms with Crippen molar-refractivity contribution in [2.24, 2.45) is 39.8 Å². The van der Waals surface area contributed by atoms with Crippen LogP contribution in [0.2, 0.25) is 0 Å². The van der Waals surface area contributed by atoms with E-state index < -0.39 is 102 Å². The fourth-order valence-corrected chi connectivity index (χ4v) is 6.10. The minimum absolute atomic E-state index is 0.112. The van der Waals surface area contributed by atoms with Crippen molar-refractivity contribution in [1.82, 2.24) is 36.8 Å². The molecule has 15 N–H and O–H groups in total. The van der Waals surface area contributed by atoms with Crippen LogP contribution >= 0.6 is 12.6 Å². The molecule has 1 aliphatic rings. The van der Waals surface area contributed by atoms with Gasteiger partial charge in [0.25, 0.3) is 0 Å². The Labute approximate surface area is 336 Å². The SMILES string of the molecule is CC(C)C[C@H](NC(=O)[C@H](CCCN=C(N)N)NC(=O)CN)C(=O)N[C@@H](CS)C(=O)N[C@H](C(=O)N[C@@H](CCC(N)=O)C(=O)N1CCC[C@H]1C(=O)NCC(=O)O)C(C)C. The number of thiol groups is 1. The third kappa shape index (κ3) is 18.1. The maximum absolute atomic E-state index is 13.7. The molecule has 0 unspecified atom stereocenters. The lowest BCUT2D eigenvalue weighted by Crippen LogP contribution is -2.61. The topological polar surface area (TPSA) is 366 Å². The summed E-state index contributed by atoms with van der Waals surface area (Å²) in [4.78, 5) is 120. The molecule has 1 fully saturated rings. The second-order valence-corrected chi connectivity index (χ2v) is 14.7. The number of carboxylic acid groups (broad SMARTS) is 1. The van der Waals surface area contributed by atoms with Crippen molar-refractivity contribution >= 4 is 71.8 Å². The van der Waals surface area contributed by atoms with Gasteiger partial charge in [-0.25, -0.2) is 0 Å². The number of carbonyl (C=O) groups excluding carboxylic acids is 8. The number of hydrogen-bond donors (Lipinski definition) is 12. The number of guanidine groups is 1. The molecule has 0 aromatic heterocycles. The standard InChI is InChI=1S/C34H60N12O10S/c1-17(2)13-21(43-28(51)19(41-25(48)14-35)7-5-11-39-34(37)38)29(52)44-22(16-57)30(53)45-27(18(3)4)32(55)42-20(9-10-24(36)47)33(56)46-12-6-8-23(46)31(54)40-15-26(49)50/h17-23,27,57H,5-16,35H2,1-4H3,(H2,36,47)(H,40,54)(H,41,48)(H,42,55)(H,43,51)(H,44,52)(H,45,53)(H,49,50)(H4,37,38,39)/t19-,20-,21-,22-,23-,27-/m0/s1. The Hall–Kier alpha value is -5.19. The number of carbonyl (C=O) groups is 9. The number of hydrogen-bond acceptors (Lipinski definition) is 12. The monoisotopic (exact) mass is 828 g/mol. The van der Waals surface area contributed by atoms with Crippen LogP contribution in [0.3, 0.4) is 0 Å². The average Bonchev–Trinajstić information content (AvgIpc) is 3.63. The first kappa shape index (κ1) is 49.8. The minimum Gasteiger partial charge on any atom is -0.480 e. The van der Waals surface area contributed by atoms with Crippen molar-refractivity contribution in [3.05, 3.63) is 0 Å². The van der Waals surface area contributed by atoms with Crippen LogP contribution in [0, 0.1) is 11.8 Å². The van der Waals surface area contributed by atoms with Gasteiger partial charge in [0.2, 0.25) is 47.3 Å². The quantitative estimate of drug-likeness (QED) is 0.0179. The van der Waals surface area contributed by atoms with Crippen molar-refractivity contribution in [1.29, 1.82) is 0 Å². The van der Waals surface area contributed by atoms with Gasteiger partial charge >= 0.3 is 5.97 Å². The average molecular weight is 829 g/mol. The summed E-state index contributed by atoms with van der Waals surface area (Å²) in [6.45, 7) is 6.11. The first-order valence-corrected chi connectivity index (χ1v) is 19.3. The summed E-state index contributed by atoms with van der Waals surface area (Å²) in [6, 6.07) is -7.19. The van der Waals surface area contributed by atoms with Crippen molar-refractivity contribution < 1.29 is 48.3 Å². The summed E-state index contributed by atoms with van der Waals surface area (Å²) >= 11 is 4.23. The first-order valence-electron chi connectivity index (χ1n) is 18.7. The second-order valence-electron chi connectivity index (χ2n) is 14.3. The highest BCUT2D eigenvalue weighted by Crippen LogP contribution is 2.20. The van der Waals surface area contributed by atoms with Crippen LogP contribution in [0.25, 0.3) is 0 Å². The predicted octanol–water partition coefficient (Wildman–Crippen LogP) is -4.49. The van der Waals surface area contributed by atoms with E-state index >= 15 is 0 Å². The highest BCUT2D eigenvalue weighted by molar-refractivity contribution is 7.80. The zero-order valence-electron chi connectivity index (χ0n) is 32.9. The Bertz CT molecular complexity index is 1480. The normalized spacial score (nSPS) is 16.3. The van der Waals surface area contributed by atoms with E-state index in [9.17, 15) is 43.2 Å². The highest BCUT2D eigenvalue weighted by Gasteiger charge is 2.39. The van der Waals surface area contributed by atoms with E-state index in [0.717, 1.165) is 0 Å². The Morgan fingerprint density at radius 1 is 0.807 bits per heavy atom. The maximum Gasteiger partial charge on any atom is 0.322 e. The van der Waals surface area contributed by atoms with Gasteiger partial charge in [0.05, 0.1) is 6.54 Å². The van der Waals surface area contributed by atoms with E-state index in [-0.39, 0.29) is 69.4 Å². The predicted molar refractivity (Wildman–Crippen MR) is 211 cm³/mol. The number of nitrogens with zero attached hydrogens (tertiary/aromatic N) is 2. The van der Waals surface area contributed by atoms with E-state index in [2.05, 4.69) is 49.5 Å². The van der Waals surface area contributed by atoms with Gasteiger partial charge < -0.3 is 64.8 Å². The zero-order valence-corrected chi connectivity index (χ0v) is 33.8. The Kier molecular flexibility index (Phi) is 22.0. The van der Waals surface area contributed by atoms with Gasteiger partial charge in [-0.1, -0.05) is 27.7 Å². The van der Waals surface area contributed by atoms with Gasteiger partial charge in [-0.05, 0) is 50.4 Å². The molecule has 0 aliphatic carbocycles. The molecule has 0 aromatic rings. The summed E-state index contributed by atoms with van der Waals surface area (Å²) in [7, 11) is 0. The van der Waals surface area contributed by atoms with E-state index in [4.69, 9.17) is 28.0 Å². The molecule has 0 radical (unpaired) electrons. The molecule has 0 aromatic carbocycles. The van der Waals surface area contributed by atoms with Gasteiger partial charge in [-0.2, -0.15) is 12.6 Å². The van der Waals surface area contributed by atoms with Crippen LogP contribution in [0.4, 0.5) is 0 Å². The van der Waals surface area contributed by atoms with Crippen LogP contribution in [0.5, 0.6) is 0 Å². The van der Waals surface area contributed by atoms with Crippen molar-refractivity contribution in [2.45, 2.75) is 109 Å². The van der Waals surface area contributed by atoms with Crippen LogP contribution in [-0.4, -0.2) is 137 Å². The summed E-state index contributed by atoms with van der Waals surface area (Å²) in [5.41, 5.74) is 21.5. The minimum atomic E-state index is -1.35. The molecule has 1 aliphatic heterocycles. The molecule has 23 heteroatoms. The van der Waals surface area contributed by atoms with Gasteiger partial charge in [-0.3, -0.25) is 48.1 Å². The Morgan fingerprint density at radius 3 is 1.95 bits per heavy atom. The Morgan fingerprint density at radius 2 is 1.40 bits per heavy atom. The summed E-state index contributed by atoms with van der Waals surface area (Å²) in [5.74, 6) is -8.16. The van der Waals surface area contributed by atoms with E-state index in [1.807, 2.05) is 13.8 Å². The molecule has 322 valence electrons. The smallest absolute Gasteiger partial charge is 0.322 e. The summed E-state index contributed by atoms with van der Waals surface area (Å²) < 4.78 is 0. The van der Waals surface area contributed by atoms with Crippen LogP contribution in [-0.2, 0) is 43.2 Å². The fourth-order valence-electron chi connectivity index (χ4n) is 5.85. The molecule has 1 rings (SSSR count). The lowest BCUT2D eigenvalue weighted by atomic mass is 10.0. The van der Waals surface area contributed by atoms with Crippen LogP contribution in [0.1, 0.15) is 72.6 Å². The molecular weight excluding hydrogens is 769 g/mol.